The second-order valence-electron chi connectivity index (χ2n) is 4.46. The van der Waals surface area contributed by atoms with Gasteiger partial charge in [0.2, 0.25) is 10.0 Å². The van der Waals surface area contributed by atoms with Crippen LogP contribution in [0.1, 0.15) is 5.69 Å². The molecule has 0 amide bonds. The second-order valence-corrected chi connectivity index (χ2v) is 6.37. The normalized spacial score (nSPS) is 19.7. The van der Waals surface area contributed by atoms with Gasteiger partial charge in [0, 0.05) is 39.4 Å². The molecular formula is C10H18N4O2S. The molecule has 1 aliphatic rings. The van der Waals surface area contributed by atoms with Gasteiger partial charge in [-0.05, 0) is 14.0 Å². The summed E-state index contributed by atoms with van der Waals surface area (Å²) in [5.41, 5.74) is 0.562. The highest BCUT2D eigenvalue weighted by Crippen LogP contribution is 2.19. The Hall–Kier alpha value is -0.920. The quantitative estimate of drug-likeness (QED) is 0.728. The minimum atomic E-state index is -3.37. The van der Waals surface area contributed by atoms with Crippen LogP contribution in [0.2, 0.25) is 0 Å². The summed E-state index contributed by atoms with van der Waals surface area (Å²) in [4.78, 5) is 2.45. The van der Waals surface area contributed by atoms with Gasteiger partial charge in [-0.15, -0.1) is 0 Å². The number of hydrogen-bond acceptors (Lipinski definition) is 4. The molecule has 0 N–H and O–H groups in total. The van der Waals surface area contributed by atoms with Crippen molar-refractivity contribution >= 4 is 10.0 Å². The lowest BCUT2D eigenvalue weighted by Gasteiger charge is -2.31. The van der Waals surface area contributed by atoms with Gasteiger partial charge in [-0.2, -0.15) is 9.40 Å². The van der Waals surface area contributed by atoms with Gasteiger partial charge < -0.3 is 4.90 Å². The Morgan fingerprint density at radius 3 is 2.24 bits per heavy atom. The first kappa shape index (κ1) is 12.5. The van der Waals surface area contributed by atoms with Crippen molar-refractivity contribution in [3.63, 3.8) is 0 Å². The fraction of sp³-hybridized carbons (Fsp3) is 0.700. The molecule has 2 heterocycles. The van der Waals surface area contributed by atoms with E-state index in [4.69, 9.17) is 0 Å². The number of nitrogens with zero attached hydrogens (tertiary/aromatic N) is 4. The van der Waals surface area contributed by atoms with E-state index < -0.39 is 10.0 Å². The van der Waals surface area contributed by atoms with E-state index in [0.717, 1.165) is 13.1 Å². The molecule has 0 atom stereocenters. The monoisotopic (exact) mass is 258 g/mol. The Kier molecular flexibility index (Phi) is 3.24. The zero-order chi connectivity index (χ0) is 12.6. The van der Waals surface area contributed by atoms with E-state index in [9.17, 15) is 8.42 Å². The maximum atomic E-state index is 12.4. The molecule has 1 fully saturated rings. The molecule has 0 aliphatic carbocycles. The molecule has 1 aromatic heterocycles. The summed E-state index contributed by atoms with van der Waals surface area (Å²) in [7, 11) is 0.359. The highest BCUT2D eigenvalue weighted by atomic mass is 32.2. The van der Waals surface area contributed by atoms with Crippen LogP contribution in [-0.4, -0.2) is 60.6 Å². The summed E-state index contributed by atoms with van der Waals surface area (Å²) >= 11 is 0. The van der Waals surface area contributed by atoms with Gasteiger partial charge >= 0.3 is 0 Å². The average molecular weight is 258 g/mol. The summed E-state index contributed by atoms with van der Waals surface area (Å²) in [5.74, 6) is 0. The maximum Gasteiger partial charge on any atom is 0.246 e. The van der Waals surface area contributed by atoms with Gasteiger partial charge in [0.15, 0.2) is 0 Å². The van der Waals surface area contributed by atoms with Crippen LogP contribution < -0.4 is 0 Å². The van der Waals surface area contributed by atoms with Gasteiger partial charge in [0.1, 0.15) is 4.90 Å². The standard InChI is InChI=1S/C10H18N4O2S/c1-9-10(8-13(3)11-9)17(15,16)14-6-4-12(2)5-7-14/h8H,4-7H2,1-3H3. The van der Waals surface area contributed by atoms with E-state index in [1.807, 2.05) is 7.05 Å². The number of hydrogen-bond donors (Lipinski definition) is 0. The lowest BCUT2D eigenvalue weighted by molar-refractivity contribution is 0.222. The van der Waals surface area contributed by atoms with E-state index in [2.05, 4.69) is 10.00 Å². The molecule has 2 rings (SSSR count). The fourth-order valence-corrected chi connectivity index (χ4v) is 3.62. The Bertz CT molecular complexity index is 500. The van der Waals surface area contributed by atoms with Crippen molar-refractivity contribution in [1.82, 2.24) is 19.0 Å². The van der Waals surface area contributed by atoms with Gasteiger partial charge in [-0.25, -0.2) is 8.42 Å². The van der Waals surface area contributed by atoms with Crippen LogP contribution in [0.3, 0.4) is 0 Å². The average Bonchev–Trinajstić information content (AvgIpc) is 2.59. The van der Waals surface area contributed by atoms with E-state index in [-0.39, 0.29) is 0 Å². The lowest BCUT2D eigenvalue weighted by Crippen LogP contribution is -2.47. The molecule has 17 heavy (non-hydrogen) atoms. The SMILES string of the molecule is Cc1nn(C)cc1S(=O)(=O)N1CCN(C)CC1. The fourth-order valence-electron chi connectivity index (χ4n) is 2.00. The van der Waals surface area contributed by atoms with Crippen molar-refractivity contribution in [3.05, 3.63) is 11.9 Å². The van der Waals surface area contributed by atoms with Crippen molar-refractivity contribution in [3.8, 4) is 0 Å². The van der Waals surface area contributed by atoms with Crippen LogP contribution in [0.25, 0.3) is 0 Å². The number of aromatic nitrogens is 2. The molecule has 0 saturated carbocycles. The van der Waals surface area contributed by atoms with E-state index in [1.165, 1.54) is 8.99 Å². The van der Waals surface area contributed by atoms with Crippen molar-refractivity contribution in [1.29, 1.82) is 0 Å². The van der Waals surface area contributed by atoms with Gasteiger partial charge in [-0.1, -0.05) is 0 Å². The Morgan fingerprint density at radius 2 is 1.76 bits per heavy atom. The molecule has 7 heteroatoms. The third-order valence-corrected chi connectivity index (χ3v) is 5.05. The van der Waals surface area contributed by atoms with Crippen molar-refractivity contribution in [2.75, 3.05) is 33.2 Å². The van der Waals surface area contributed by atoms with Crippen LogP contribution in [0.4, 0.5) is 0 Å². The minimum Gasteiger partial charge on any atom is -0.304 e. The summed E-state index contributed by atoms with van der Waals surface area (Å²) in [6.07, 6.45) is 1.57. The molecule has 0 unspecified atom stereocenters. The number of sulfonamides is 1. The first-order chi connectivity index (χ1) is 7.91. The third kappa shape index (κ3) is 2.36. The summed E-state index contributed by atoms with van der Waals surface area (Å²) in [5, 5.41) is 4.09. The summed E-state index contributed by atoms with van der Waals surface area (Å²) in [6.45, 7) is 4.38. The number of rotatable bonds is 2. The Labute approximate surface area is 102 Å². The zero-order valence-corrected chi connectivity index (χ0v) is 11.2. The van der Waals surface area contributed by atoms with Gasteiger partial charge in [-0.3, -0.25) is 4.68 Å². The first-order valence-corrected chi connectivity index (χ1v) is 7.04. The minimum absolute atomic E-state index is 0.324. The van der Waals surface area contributed by atoms with Crippen LogP contribution >= 0.6 is 0 Å². The molecule has 1 aliphatic heterocycles. The first-order valence-electron chi connectivity index (χ1n) is 5.60. The molecular weight excluding hydrogens is 240 g/mol. The topological polar surface area (TPSA) is 58.4 Å². The van der Waals surface area contributed by atoms with Crippen molar-refractivity contribution in [2.24, 2.45) is 7.05 Å². The van der Waals surface area contributed by atoms with Crippen LogP contribution in [-0.2, 0) is 17.1 Å². The summed E-state index contributed by atoms with van der Waals surface area (Å²) in [6, 6.07) is 0. The van der Waals surface area contributed by atoms with Crippen molar-refractivity contribution < 1.29 is 8.42 Å². The third-order valence-electron chi connectivity index (χ3n) is 3.05. The van der Waals surface area contributed by atoms with E-state index in [0.29, 0.717) is 23.7 Å². The zero-order valence-electron chi connectivity index (χ0n) is 10.4. The molecule has 0 spiro atoms. The maximum absolute atomic E-state index is 12.4. The van der Waals surface area contributed by atoms with Crippen LogP contribution in [0, 0.1) is 6.92 Å². The largest absolute Gasteiger partial charge is 0.304 e. The summed E-state index contributed by atoms with van der Waals surface area (Å²) < 4.78 is 27.8. The van der Waals surface area contributed by atoms with Gasteiger partial charge in [0.25, 0.3) is 0 Å². The smallest absolute Gasteiger partial charge is 0.246 e. The van der Waals surface area contributed by atoms with Gasteiger partial charge in [0.05, 0.1) is 5.69 Å². The molecule has 0 bridgehead atoms. The number of likely N-dealkylation sites (N-methyl/N-ethyl adjacent to an activating group) is 1. The molecule has 96 valence electrons. The number of aryl methyl sites for hydroxylation is 2. The lowest BCUT2D eigenvalue weighted by atomic mass is 10.4. The van der Waals surface area contributed by atoms with Crippen molar-refractivity contribution in [2.45, 2.75) is 11.8 Å². The highest BCUT2D eigenvalue weighted by molar-refractivity contribution is 7.89. The van der Waals surface area contributed by atoms with E-state index >= 15 is 0 Å². The molecule has 0 radical (unpaired) electrons. The Morgan fingerprint density at radius 1 is 1.18 bits per heavy atom. The number of piperazine rings is 1. The highest BCUT2D eigenvalue weighted by Gasteiger charge is 2.29. The molecule has 1 aromatic rings. The van der Waals surface area contributed by atoms with Crippen LogP contribution in [0.5, 0.6) is 0 Å². The molecule has 6 nitrogen and oxygen atoms in total. The predicted molar refractivity (Wildman–Crippen MR) is 64.2 cm³/mol. The van der Waals surface area contributed by atoms with Crippen LogP contribution in [0.15, 0.2) is 11.1 Å². The Balaban J connectivity index is 2.28. The van der Waals surface area contributed by atoms with E-state index in [1.54, 1.807) is 20.2 Å². The molecule has 1 saturated heterocycles. The molecule has 0 aromatic carbocycles. The predicted octanol–water partition coefficient (Wildman–Crippen LogP) is -0.335. The second kappa shape index (κ2) is 4.40.